The number of hydrogen-bond acceptors (Lipinski definition) is 6. The molecule has 0 unspecified atom stereocenters. The second-order valence-corrected chi connectivity index (χ2v) is 7.26. The van der Waals surface area contributed by atoms with Crippen LogP contribution in [0, 0.1) is 6.92 Å². The Kier molecular flexibility index (Phi) is 4.91. The molecule has 0 amide bonds. The zero-order chi connectivity index (χ0) is 18.1. The molecule has 7 nitrogen and oxygen atoms in total. The third kappa shape index (κ3) is 3.21. The Morgan fingerprint density at radius 1 is 1.35 bits per heavy atom. The van der Waals surface area contributed by atoms with Gasteiger partial charge in [0.15, 0.2) is 0 Å². The number of fused-ring (bicyclic) bond motifs is 1. The van der Waals surface area contributed by atoms with E-state index in [1.807, 2.05) is 11.6 Å². The van der Waals surface area contributed by atoms with Gasteiger partial charge in [-0.2, -0.15) is 5.10 Å². The molecule has 4 heterocycles. The van der Waals surface area contributed by atoms with Crippen LogP contribution in [0.25, 0.3) is 0 Å². The first-order chi connectivity index (χ1) is 12.7. The van der Waals surface area contributed by atoms with E-state index in [0.29, 0.717) is 5.92 Å². The summed E-state index contributed by atoms with van der Waals surface area (Å²) in [6.45, 7) is 8.68. The van der Waals surface area contributed by atoms with E-state index < -0.39 is 0 Å². The number of nitrogens with zero attached hydrogens (tertiary/aromatic N) is 5. The molecule has 0 aromatic carbocycles. The Balaban J connectivity index is 1.62. The van der Waals surface area contributed by atoms with E-state index in [-0.39, 0.29) is 6.61 Å². The fourth-order valence-corrected chi connectivity index (χ4v) is 4.20. The average molecular weight is 356 g/mol. The molecule has 0 aliphatic carbocycles. The van der Waals surface area contributed by atoms with Gasteiger partial charge >= 0.3 is 0 Å². The molecule has 2 aromatic rings. The smallest absolute Gasteiger partial charge is 0.132 e. The van der Waals surface area contributed by atoms with E-state index in [2.05, 4.69) is 28.3 Å². The lowest BCUT2D eigenvalue weighted by molar-refractivity contribution is 0.274. The molecule has 0 bridgehead atoms. The molecule has 7 heteroatoms. The Morgan fingerprint density at radius 3 is 2.96 bits per heavy atom. The maximum atomic E-state index is 9.69. The quantitative estimate of drug-likeness (QED) is 0.865. The van der Waals surface area contributed by atoms with Crippen molar-refractivity contribution in [2.75, 3.05) is 24.5 Å². The van der Waals surface area contributed by atoms with Gasteiger partial charge in [0.2, 0.25) is 0 Å². The Labute approximate surface area is 154 Å². The van der Waals surface area contributed by atoms with Crippen molar-refractivity contribution in [2.24, 2.45) is 0 Å². The van der Waals surface area contributed by atoms with E-state index in [1.165, 1.54) is 18.5 Å². The van der Waals surface area contributed by atoms with Gasteiger partial charge in [-0.1, -0.05) is 0 Å². The van der Waals surface area contributed by atoms with Crippen LogP contribution >= 0.6 is 0 Å². The molecule has 2 N–H and O–H groups in total. The lowest BCUT2D eigenvalue weighted by Gasteiger charge is -2.30. The van der Waals surface area contributed by atoms with Crippen molar-refractivity contribution in [1.29, 1.82) is 0 Å². The number of nitrogens with one attached hydrogen (secondary N) is 1. The summed E-state index contributed by atoms with van der Waals surface area (Å²) in [6.07, 6.45) is 3.32. The minimum absolute atomic E-state index is 0.00896. The van der Waals surface area contributed by atoms with Crippen molar-refractivity contribution < 1.29 is 5.11 Å². The first kappa shape index (κ1) is 17.4. The normalized spacial score (nSPS) is 20.3. The summed E-state index contributed by atoms with van der Waals surface area (Å²) in [4.78, 5) is 11.7. The Morgan fingerprint density at radius 2 is 2.23 bits per heavy atom. The summed E-state index contributed by atoms with van der Waals surface area (Å²) in [5.41, 5.74) is 4.37. The maximum Gasteiger partial charge on any atom is 0.132 e. The summed E-state index contributed by atoms with van der Waals surface area (Å²) in [7, 11) is 0. The molecule has 2 aliphatic heterocycles. The summed E-state index contributed by atoms with van der Waals surface area (Å²) < 4.78 is 2.03. The van der Waals surface area contributed by atoms with Crippen molar-refractivity contribution in [1.82, 2.24) is 25.1 Å². The zero-order valence-electron chi connectivity index (χ0n) is 15.7. The first-order valence-electron chi connectivity index (χ1n) is 9.69. The highest BCUT2D eigenvalue weighted by molar-refractivity contribution is 5.45. The van der Waals surface area contributed by atoms with E-state index in [9.17, 15) is 5.11 Å². The van der Waals surface area contributed by atoms with Gasteiger partial charge in [-0.15, -0.1) is 0 Å². The molecule has 26 heavy (non-hydrogen) atoms. The fourth-order valence-electron chi connectivity index (χ4n) is 4.20. The largest absolute Gasteiger partial charge is 0.390 e. The van der Waals surface area contributed by atoms with Crippen LogP contribution in [-0.4, -0.2) is 44.5 Å². The molecular weight excluding hydrogens is 328 g/mol. The minimum atomic E-state index is -0.00896. The standard InChI is InChI=1S/C19H28N6O/c1-3-25-18-6-8-24(11-15(18)17(12-26)23-25)19-9-16(21-13(2)22-19)14-5-4-7-20-10-14/h9,14,20,26H,3-8,10-12H2,1-2H3/t14-/m0/s1. The zero-order valence-corrected chi connectivity index (χ0v) is 15.7. The minimum Gasteiger partial charge on any atom is -0.390 e. The van der Waals surface area contributed by atoms with E-state index in [4.69, 9.17) is 9.97 Å². The second kappa shape index (κ2) is 7.32. The van der Waals surface area contributed by atoms with Crippen molar-refractivity contribution in [2.45, 2.75) is 58.7 Å². The topological polar surface area (TPSA) is 79.1 Å². The number of aryl methyl sites for hydroxylation is 2. The number of aliphatic hydroxyl groups is 1. The number of piperidine rings is 1. The second-order valence-electron chi connectivity index (χ2n) is 7.26. The average Bonchev–Trinajstić information content (AvgIpc) is 3.05. The molecule has 1 atom stereocenters. The Bertz CT molecular complexity index is 781. The fraction of sp³-hybridized carbons (Fsp3) is 0.632. The number of rotatable bonds is 4. The molecule has 2 aromatic heterocycles. The lowest BCUT2D eigenvalue weighted by atomic mass is 9.95. The first-order valence-corrected chi connectivity index (χ1v) is 9.69. The van der Waals surface area contributed by atoms with Crippen molar-refractivity contribution >= 4 is 5.82 Å². The lowest BCUT2D eigenvalue weighted by Crippen LogP contribution is -2.33. The van der Waals surface area contributed by atoms with Gasteiger partial charge in [-0.25, -0.2) is 9.97 Å². The van der Waals surface area contributed by atoms with Gasteiger partial charge in [-0.3, -0.25) is 4.68 Å². The Hall–Kier alpha value is -1.99. The van der Waals surface area contributed by atoms with Gasteiger partial charge in [0, 0.05) is 55.8 Å². The van der Waals surface area contributed by atoms with Gasteiger partial charge in [0.1, 0.15) is 11.6 Å². The van der Waals surface area contributed by atoms with Crippen LogP contribution in [-0.2, 0) is 26.1 Å². The van der Waals surface area contributed by atoms with Crippen LogP contribution < -0.4 is 10.2 Å². The van der Waals surface area contributed by atoms with Gasteiger partial charge < -0.3 is 15.3 Å². The highest BCUT2D eigenvalue weighted by Gasteiger charge is 2.26. The SMILES string of the molecule is CCn1nc(CO)c2c1CCN(c1cc([C@H]3CCCNC3)nc(C)n1)C2. The molecule has 140 valence electrons. The van der Waals surface area contributed by atoms with Crippen molar-refractivity contribution in [3.8, 4) is 0 Å². The summed E-state index contributed by atoms with van der Waals surface area (Å²) in [5.74, 6) is 2.30. The molecule has 0 saturated carbocycles. The predicted octanol–water partition coefficient (Wildman–Crippen LogP) is 1.52. The summed E-state index contributed by atoms with van der Waals surface area (Å²) in [6, 6.07) is 2.17. The molecule has 2 aliphatic rings. The third-order valence-corrected chi connectivity index (χ3v) is 5.55. The van der Waals surface area contributed by atoms with Crippen LogP contribution in [0.5, 0.6) is 0 Å². The molecule has 0 spiro atoms. The summed E-state index contributed by atoms with van der Waals surface area (Å²) in [5, 5.41) is 17.7. The third-order valence-electron chi connectivity index (χ3n) is 5.55. The number of aliphatic hydroxyl groups excluding tert-OH is 1. The molecular formula is C19H28N6O. The molecule has 1 fully saturated rings. The van der Waals surface area contributed by atoms with E-state index in [0.717, 1.165) is 67.7 Å². The van der Waals surface area contributed by atoms with Crippen LogP contribution in [0.15, 0.2) is 6.07 Å². The van der Waals surface area contributed by atoms with Crippen LogP contribution in [0.1, 0.15) is 54.2 Å². The van der Waals surface area contributed by atoms with Crippen molar-refractivity contribution in [3.63, 3.8) is 0 Å². The maximum absolute atomic E-state index is 9.69. The van der Waals surface area contributed by atoms with Gasteiger partial charge in [-0.05, 0) is 33.2 Å². The summed E-state index contributed by atoms with van der Waals surface area (Å²) >= 11 is 0. The predicted molar refractivity (Wildman–Crippen MR) is 100 cm³/mol. The highest BCUT2D eigenvalue weighted by Crippen LogP contribution is 2.29. The van der Waals surface area contributed by atoms with Gasteiger partial charge in [0.25, 0.3) is 0 Å². The number of aromatic nitrogens is 4. The molecule has 1 saturated heterocycles. The highest BCUT2D eigenvalue weighted by atomic mass is 16.3. The monoisotopic (exact) mass is 356 g/mol. The number of anilines is 1. The molecule has 0 radical (unpaired) electrons. The van der Waals surface area contributed by atoms with Crippen molar-refractivity contribution in [3.05, 3.63) is 34.5 Å². The van der Waals surface area contributed by atoms with Crippen LogP contribution in [0.2, 0.25) is 0 Å². The van der Waals surface area contributed by atoms with Crippen LogP contribution in [0.3, 0.4) is 0 Å². The van der Waals surface area contributed by atoms with E-state index in [1.54, 1.807) is 0 Å². The number of hydrogen-bond donors (Lipinski definition) is 2. The van der Waals surface area contributed by atoms with E-state index >= 15 is 0 Å². The van der Waals surface area contributed by atoms with Crippen LogP contribution in [0.4, 0.5) is 5.82 Å². The van der Waals surface area contributed by atoms with Gasteiger partial charge in [0.05, 0.1) is 18.0 Å². The molecule has 4 rings (SSSR count).